The summed E-state index contributed by atoms with van der Waals surface area (Å²) in [5.41, 5.74) is 0.948. The molecule has 7 nitrogen and oxygen atoms in total. The van der Waals surface area contributed by atoms with E-state index in [9.17, 15) is 4.79 Å². The molecular formula is C14H8N4O3. The summed E-state index contributed by atoms with van der Waals surface area (Å²) in [6.07, 6.45) is 1.56. The van der Waals surface area contributed by atoms with E-state index in [-0.39, 0.29) is 17.0 Å². The van der Waals surface area contributed by atoms with Gasteiger partial charge in [0.05, 0.1) is 17.2 Å². The molecule has 0 bridgehead atoms. The number of rotatable bonds is 2. The molecule has 0 aliphatic carbocycles. The van der Waals surface area contributed by atoms with Crippen molar-refractivity contribution in [3.8, 4) is 22.9 Å². The van der Waals surface area contributed by atoms with E-state index in [1.807, 2.05) is 6.07 Å². The van der Waals surface area contributed by atoms with Crippen LogP contribution in [0.2, 0.25) is 0 Å². The Balaban J connectivity index is 2.06. The van der Waals surface area contributed by atoms with Crippen LogP contribution in [0.3, 0.4) is 0 Å². The summed E-state index contributed by atoms with van der Waals surface area (Å²) in [7, 11) is 0. The fourth-order valence-corrected chi connectivity index (χ4v) is 2.18. The van der Waals surface area contributed by atoms with E-state index in [1.165, 1.54) is 6.07 Å². The lowest BCUT2D eigenvalue weighted by molar-refractivity contribution is 0.576. The Labute approximate surface area is 117 Å². The molecule has 4 rings (SSSR count). The predicted molar refractivity (Wildman–Crippen MR) is 73.4 cm³/mol. The number of nitrogens with one attached hydrogen (secondary N) is 1. The summed E-state index contributed by atoms with van der Waals surface area (Å²) < 4.78 is 11.2. The first kappa shape index (κ1) is 11.6. The van der Waals surface area contributed by atoms with Gasteiger partial charge in [-0.25, -0.2) is 0 Å². The number of aromatic nitrogens is 4. The second-order valence-corrected chi connectivity index (χ2v) is 4.37. The van der Waals surface area contributed by atoms with Gasteiger partial charge in [0, 0.05) is 6.07 Å². The van der Waals surface area contributed by atoms with Crippen LogP contribution in [0, 0.1) is 0 Å². The lowest BCUT2D eigenvalue weighted by atomic mass is 10.1. The monoisotopic (exact) mass is 280 g/mol. The van der Waals surface area contributed by atoms with Crippen LogP contribution in [-0.4, -0.2) is 20.6 Å². The lowest BCUT2D eigenvalue weighted by Gasteiger charge is -2.04. The highest BCUT2D eigenvalue weighted by Gasteiger charge is 2.14. The summed E-state index contributed by atoms with van der Waals surface area (Å²) in [5.74, 6) is 1.09. The quantitative estimate of drug-likeness (QED) is 0.604. The fraction of sp³-hybridized carbons (Fsp3) is 0. The number of tetrazole rings is 1. The second-order valence-electron chi connectivity index (χ2n) is 4.37. The predicted octanol–water partition coefficient (Wildman–Crippen LogP) is 2.23. The molecule has 0 spiro atoms. The van der Waals surface area contributed by atoms with Crippen LogP contribution in [0.4, 0.5) is 0 Å². The first-order valence-corrected chi connectivity index (χ1v) is 6.17. The number of hydrogen-bond acceptors (Lipinski definition) is 6. The van der Waals surface area contributed by atoms with Crippen molar-refractivity contribution in [2.45, 2.75) is 0 Å². The van der Waals surface area contributed by atoms with Gasteiger partial charge in [0.1, 0.15) is 11.3 Å². The van der Waals surface area contributed by atoms with Crippen molar-refractivity contribution >= 4 is 11.0 Å². The second kappa shape index (κ2) is 4.41. The van der Waals surface area contributed by atoms with Gasteiger partial charge in [-0.2, -0.15) is 5.21 Å². The van der Waals surface area contributed by atoms with Crippen molar-refractivity contribution in [2.24, 2.45) is 0 Å². The molecule has 7 heteroatoms. The topological polar surface area (TPSA) is 97.8 Å². The average molecular weight is 280 g/mol. The van der Waals surface area contributed by atoms with Gasteiger partial charge in [0.2, 0.25) is 5.82 Å². The Morgan fingerprint density at radius 2 is 2.05 bits per heavy atom. The molecule has 0 saturated heterocycles. The number of para-hydroxylation sites is 1. The Kier molecular flexibility index (Phi) is 2.43. The maximum atomic E-state index is 12.2. The third-order valence-corrected chi connectivity index (χ3v) is 3.11. The maximum absolute atomic E-state index is 12.2. The first-order valence-electron chi connectivity index (χ1n) is 6.17. The summed E-state index contributed by atoms with van der Waals surface area (Å²) >= 11 is 0. The summed E-state index contributed by atoms with van der Waals surface area (Å²) in [4.78, 5) is 12.2. The van der Waals surface area contributed by atoms with Crippen LogP contribution in [0.25, 0.3) is 33.9 Å². The Bertz CT molecular complexity index is 956. The van der Waals surface area contributed by atoms with E-state index in [0.29, 0.717) is 22.3 Å². The van der Waals surface area contributed by atoms with Gasteiger partial charge in [-0.15, -0.1) is 10.2 Å². The molecular weight excluding hydrogens is 272 g/mol. The SMILES string of the molecule is O=c1cc(-c2nn[nH]n2)oc2c(-c3ccco3)cccc12. The number of H-pyrrole nitrogens is 1. The van der Waals surface area contributed by atoms with Gasteiger partial charge in [0.15, 0.2) is 11.2 Å². The molecule has 0 atom stereocenters. The fourth-order valence-electron chi connectivity index (χ4n) is 2.18. The third-order valence-electron chi connectivity index (χ3n) is 3.11. The zero-order valence-corrected chi connectivity index (χ0v) is 10.6. The number of furan rings is 1. The number of aromatic amines is 1. The number of nitrogens with zero attached hydrogens (tertiary/aromatic N) is 3. The van der Waals surface area contributed by atoms with Gasteiger partial charge >= 0.3 is 0 Å². The number of benzene rings is 1. The standard InChI is InChI=1S/C14H8N4O3/c19-10-7-12(14-15-17-18-16-14)21-13-8(10)3-1-4-9(13)11-5-2-6-20-11/h1-7H,(H,15,16,17,18). The molecule has 3 aromatic heterocycles. The molecule has 0 fully saturated rings. The molecule has 1 N–H and O–H groups in total. The minimum absolute atomic E-state index is 0.176. The first-order chi connectivity index (χ1) is 10.3. The molecule has 21 heavy (non-hydrogen) atoms. The van der Waals surface area contributed by atoms with E-state index in [1.54, 1.807) is 30.5 Å². The molecule has 0 saturated carbocycles. The van der Waals surface area contributed by atoms with Crippen molar-refractivity contribution in [1.29, 1.82) is 0 Å². The zero-order valence-electron chi connectivity index (χ0n) is 10.6. The van der Waals surface area contributed by atoms with E-state index in [2.05, 4.69) is 20.6 Å². The van der Waals surface area contributed by atoms with Gasteiger partial charge < -0.3 is 8.83 Å². The van der Waals surface area contributed by atoms with Crippen LogP contribution < -0.4 is 5.43 Å². The van der Waals surface area contributed by atoms with E-state index in [4.69, 9.17) is 8.83 Å². The van der Waals surface area contributed by atoms with Gasteiger partial charge in [0.25, 0.3) is 0 Å². The molecule has 0 unspecified atom stereocenters. The van der Waals surface area contributed by atoms with Gasteiger partial charge in [-0.1, -0.05) is 6.07 Å². The maximum Gasteiger partial charge on any atom is 0.239 e. The van der Waals surface area contributed by atoms with Crippen LogP contribution in [-0.2, 0) is 0 Å². The molecule has 1 aromatic carbocycles. The van der Waals surface area contributed by atoms with Crippen molar-refractivity contribution in [3.63, 3.8) is 0 Å². The van der Waals surface area contributed by atoms with Crippen LogP contribution >= 0.6 is 0 Å². The Morgan fingerprint density at radius 1 is 1.10 bits per heavy atom. The molecule has 0 amide bonds. The molecule has 102 valence electrons. The summed E-state index contributed by atoms with van der Waals surface area (Å²) in [6, 6.07) is 10.2. The normalized spacial score (nSPS) is 11.0. The molecule has 0 radical (unpaired) electrons. The van der Waals surface area contributed by atoms with E-state index in [0.717, 1.165) is 0 Å². The Morgan fingerprint density at radius 3 is 2.81 bits per heavy atom. The minimum Gasteiger partial charge on any atom is -0.464 e. The van der Waals surface area contributed by atoms with Crippen molar-refractivity contribution in [3.05, 3.63) is 52.9 Å². The lowest BCUT2D eigenvalue weighted by Crippen LogP contribution is -2.01. The summed E-state index contributed by atoms with van der Waals surface area (Å²) in [6.45, 7) is 0. The number of hydrogen-bond donors (Lipinski definition) is 1. The molecule has 0 aliphatic rings. The average Bonchev–Trinajstić information content (AvgIpc) is 3.20. The smallest absolute Gasteiger partial charge is 0.239 e. The largest absolute Gasteiger partial charge is 0.464 e. The highest BCUT2D eigenvalue weighted by molar-refractivity contribution is 5.91. The highest BCUT2D eigenvalue weighted by Crippen LogP contribution is 2.29. The van der Waals surface area contributed by atoms with Gasteiger partial charge in [-0.05, 0) is 29.5 Å². The third kappa shape index (κ3) is 1.83. The molecule has 0 aliphatic heterocycles. The zero-order chi connectivity index (χ0) is 14.2. The van der Waals surface area contributed by atoms with Crippen LogP contribution in [0.15, 0.2) is 56.3 Å². The van der Waals surface area contributed by atoms with Gasteiger partial charge in [-0.3, -0.25) is 4.79 Å². The van der Waals surface area contributed by atoms with Crippen LogP contribution in [0.5, 0.6) is 0 Å². The highest BCUT2D eigenvalue weighted by atomic mass is 16.3. The summed E-state index contributed by atoms with van der Waals surface area (Å²) in [5, 5.41) is 13.9. The number of fused-ring (bicyclic) bond motifs is 1. The van der Waals surface area contributed by atoms with Crippen LogP contribution in [0.1, 0.15) is 0 Å². The van der Waals surface area contributed by atoms with Crippen molar-refractivity contribution < 1.29 is 8.83 Å². The van der Waals surface area contributed by atoms with E-state index < -0.39 is 0 Å². The Hall–Kier alpha value is -3.22. The van der Waals surface area contributed by atoms with E-state index >= 15 is 0 Å². The van der Waals surface area contributed by atoms with Crippen molar-refractivity contribution in [1.82, 2.24) is 20.6 Å². The minimum atomic E-state index is -0.176. The molecule has 4 aromatic rings. The van der Waals surface area contributed by atoms with Crippen molar-refractivity contribution in [2.75, 3.05) is 0 Å². The molecule has 3 heterocycles.